The van der Waals surface area contributed by atoms with Gasteiger partial charge in [0.05, 0.1) is 6.54 Å². The molecule has 0 aromatic carbocycles. The largest absolute Gasteiger partial charge is 0.401 e. The molecule has 2 aliphatic heterocycles. The van der Waals surface area contributed by atoms with Crippen molar-refractivity contribution in [3.05, 3.63) is 0 Å². The van der Waals surface area contributed by atoms with Gasteiger partial charge in [0.2, 0.25) is 0 Å². The van der Waals surface area contributed by atoms with Gasteiger partial charge in [0.25, 0.3) is 0 Å². The van der Waals surface area contributed by atoms with E-state index < -0.39 is 12.7 Å². The fourth-order valence-electron chi connectivity index (χ4n) is 3.50. The lowest BCUT2D eigenvalue weighted by atomic mass is 10.1. The van der Waals surface area contributed by atoms with E-state index in [4.69, 9.17) is 0 Å². The first-order valence-electron chi connectivity index (χ1n) is 8.71. The van der Waals surface area contributed by atoms with E-state index in [-0.39, 0.29) is 6.04 Å². The van der Waals surface area contributed by atoms with E-state index in [2.05, 4.69) is 41.3 Å². The lowest BCUT2D eigenvalue weighted by molar-refractivity contribution is -0.143. The van der Waals surface area contributed by atoms with Crippen LogP contribution in [-0.2, 0) is 0 Å². The number of hydrogen-bond donors (Lipinski definition) is 2. The standard InChI is InChI=1S/C16H30F3N5/c1-11(2)24-7-12(3)14(9-24)22-15(20-4)21-13-5-6-23(8-13)10-16(17,18)19/h11-14H,5-10H2,1-4H3,(H2,20,21,22). The quantitative estimate of drug-likeness (QED) is 0.597. The maximum absolute atomic E-state index is 12.5. The summed E-state index contributed by atoms with van der Waals surface area (Å²) in [7, 11) is 1.71. The molecule has 2 heterocycles. The smallest absolute Gasteiger partial charge is 0.352 e. The maximum atomic E-state index is 12.5. The van der Waals surface area contributed by atoms with Crippen LogP contribution in [0.2, 0.25) is 0 Å². The fraction of sp³-hybridized carbons (Fsp3) is 0.938. The molecule has 24 heavy (non-hydrogen) atoms. The molecular weight excluding hydrogens is 319 g/mol. The summed E-state index contributed by atoms with van der Waals surface area (Å²) in [6, 6.07) is 0.836. The Bertz CT molecular complexity index is 438. The van der Waals surface area contributed by atoms with Crippen LogP contribution in [0.1, 0.15) is 27.2 Å². The summed E-state index contributed by atoms with van der Waals surface area (Å²) in [4.78, 5) is 8.13. The van der Waals surface area contributed by atoms with Crippen LogP contribution >= 0.6 is 0 Å². The van der Waals surface area contributed by atoms with Gasteiger partial charge >= 0.3 is 6.18 Å². The second-order valence-electron chi connectivity index (χ2n) is 7.33. The van der Waals surface area contributed by atoms with E-state index in [0.717, 1.165) is 13.1 Å². The molecule has 0 bridgehead atoms. The van der Waals surface area contributed by atoms with E-state index in [9.17, 15) is 13.2 Å². The number of halogens is 3. The molecule has 0 saturated carbocycles. The molecule has 2 aliphatic rings. The number of hydrogen-bond acceptors (Lipinski definition) is 3. The summed E-state index contributed by atoms with van der Waals surface area (Å²) in [6.07, 6.45) is -3.43. The maximum Gasteiger partial charge on any atom is 0.401 e. The van der Waals surface area contributed by atoms with Crippen molar-refractivity contribution in [3.63, 3.8) is 0 Å². The minimum atomic E-state index is -4.13. The summed E-state index contributed by atoms with van der Waals surface area (Å²) in [5.74, 6) is 1.20. The van der Waals surface area contributed by atoms with Gasteiger partial charge in [-0.2, -0.15) is 13.2 Å². The van der Waals surface area contributed by atoms with E-state index in [1.165, 1.54) is 4.90 Å². The average Bonchev–Trinajstić information content (AvgIpc) is 3.04. The Hall–Kier alpha value is -1.02. The number of nitrogens with one attached hydrogen (secondary N) is 2. The first-order chi connectivity index (χ1) is 11.2. The van der Waals surface area contributed by atoms with Crippen molar-refractivity contribution in [3.8, 4) is 0 Å². The number of aliphatic imine (C=N–C) groups is 1. The van der Waals surface area contributed by atoms with Crippen LogP contribution in [0.4, 0.5) is 13.2 Å². The Morgan fingerprint density at radius 3 is 2.46 bits per heavy atom. The molecule has 0 aromatic rings. The predicted octanol–water partition coefficient (Wildman–Crippen LogP) is 1.52. The van der Waals surface area contributed by atoms with Crippen LogP contribution in [-0.4, -0.2) is 79.8 Å². The molecule has 0 radical (unpaired) electrons. The Balaban J connectivity index is 1.81. The Morgan fingerprint density at radius 1 is 1.21 bits per heavy atom. The lowest BCUT2D eigenvalue weighted by Crippen LogP contribution is -2.50. The number of alkyl halides is 3. The van der Waals surface area contributed by atoms with Gasteiger partial charge in [0.15, 0.2) is 5.96 Å². The van der Waals surface area contributed by atoms with Crippen molar-refractivity contribution in [1.82, 2.24) is 20.4 Å². The summed E-state index contributed by atoms with van der Waals surface area (Å²) >= 11 is 0. The Labute approximate surface area is 142 Å². The van der Waals surface area contributed by atoms with Gasteiger partial charge in [0.1, 0.15) is 0 Å². The van der Waals surface area contributed by atoms with Crippen LogP contribution in [0.15, 0.2) is 4.99 Å². The number of likely N-dealkylation sites (tertiary alicyclic amines) is 2. The number of rotatable bonds is 4. The predicted molar refractivity (Wildman–Crippen MR) is 90.2 cm³/mol. The van der Waals surface area contributed by atoms with Crippen molar-refractivity contribution in [2.75, 3.05) is 39.8 Å². The van der Waals surface area contributed by atoms with E-state index in [1.807, 2.05) is 0 Å². The van der Waals surface area contributed by atoms with Gasteiger partial charge < -0.3 is 10.6 Å². The minimum Gasteiger partial charge on any atom is -0.352 e. The van der Waals surface area contributed by atoms with Crippen LogP contribution in [0, 0.1) is 5.92 Å². The summed E-state index contributed by atoms with van der Waals surface area (Å²) < 4.78 is 37.4. The monoisotopic (exact) mass is 349 g/mol. The highest BCUT2D eigenvalue weighted by Gasteiger charge is 2.35. The third-order valence-electron chi connectivity index (χ3n) is 4.93. The molecule has 0 aromatic heterocycles. The summed E-state index contributed by atoms with van der Waals surface area (Å²) in [5.41, 5.74) is 0. The van der Waals surface area contributed by atoms with Crippen molar-refractivity contribution in [1.29, 1.82) is 0 Å². The zero-order valence-electron chi connectivity index (χ0n) is 15.0. The van der Waals surface area contributed by atoms with Gasteiger partial charge in [-0.1, -0.05) is 6.92 Å². The summed E-state index contributed by atoms with van der Waals surface area (Å²) in [5, 5.41) is 6.73. The van der Waals surface area contributed by atoms with Crippen LogP contribution < -0.4 is 10.6 Å². The van der Waals surface area contributed by atoms with Gasteiger partial charge in [-0.25, -0.2) is 0 Å². The average molecular weight is 349 g/mol. The molecule has 3 atom stereocenters. The summed E-state index contributed by atoms with van der Waals surface area (Å²) in [6.45, 7) is 8.65. The first kappa shape index (κ1) is 19.3. The van der Waals surface area contributed by atoms with E-state index in [1.54, 1.807) is 7.05 Å². The molecule has 2 fully saturated rings. The first-order valence-corrected chi connectivity index (χ1v) is 8.71. The second-order valence-corrected chi connectivity index (χ2v) is 7.33. The van der Waals surface area contributed by atoms with E-state index >= 15 is 0 Å². The van der Waals surface area contributed by atoms with Crippen molar-refractivity contribution < 1.29 is 13.2 Å². The lowest BCUT2D eigenvalue weighted by Gasteiger charge is -2.24. The van der Waals surface area contributed by atoms with Gasteiger partial charge in [-0.3, -0.25) is 14.8 Å². The normalized spacial score (nSPS) is 30.3. The molecule has 0 spiro atoms. The SMILES string of the molecule is CN=C(NC1CCN(CC(F)(F)F)C1)NC1CN(C(C)C)CC1C. The molecule has 2 rings (SSSR count). The van der Waals surface area contributed by atoms with Crippen molar-refractivity contribution >= 4 is 5.96 Å². The molecule has 2 N–H and O–H groups in total. The van der Waals surface area contributed by atoms with E-state index in [0.29, 0.717) is 43.5 Å². The fourth-order valence-corrected chi connectivity index (χ4v) is 3.50. The van der Waals surface area contributed by atoms with Gasteiger partial charge in [0, 0.05) is 51.4 Å². The van der Waals surface area contributed by atoms with Gasteiger partial charge in [-0.05, 0) is 26.2 Å². The van der Waals surface area contributed by atoms with Gasteiger partial charge in [-0.15, -0.1) is 0 Å². The molecule has 8 heteroatoms. The third-order valence-corrected chi connectivity index (χ3v) is 4.93. The second kappa shape index (κ2) is 7.91. The van der Waals surface area contributed by atoms with Crippen LogP contribution in [0.5, 0.6) is 0 Å². The highest BCUT2D eigenvalue weighted by atomic mass is 19.4. The molecule has 3 unspecified atom stereocenters. The number of guanidine groups is 1. The number of nitrogens with zero attached hydrogens (tertiary/aromatic N) is 3. The highest BCUT2D eigenvalue weighted by Crippen LogP contribution is 2.21. The molecule has 5 nitrogen and oxygen atoms in total. The highest BCUT2D eigenvalue weighted by molar-refractivity contribution is 5.80. The Kier molecular flexibility index (Phi) is 6.36. The van der Waals surface area contributed by atoms with Crippen LogP contribution in [0.3, 0.4) is 0 Å². The zero-order valence-corrected chi connectivity index (χ0v) is 15.0. The molecule has 140 valence electrons. The van der Waals surface area contributed by atoms with Crippen molar-refractivity contribution in [2.45, 2.75) is 51.5 Å². The minimum absolute atomic E-state index is 0.0106. The molecule has 0 aliphatic carbocycles. The van der Waals surface area contributed by atoms with Crippen LogP contribution in [0.25, 0.3) is 0 Å². The topological polar surface area (TPSA) is 42.9 Å². The Morgan fingerprint density at radius 2 is 1.92 bits per heavy atom. The molecule has 0 amide bonds. The zero-order chi connectivity index (χ0) is 17.9. The molecule has 2 saturated heterocycles. The third kappa shape index (κ3) is 5.51. The van der Waals surface area contributed by atoms with Crippen molar-refractivity contribution in [2.24, 2.45) is 10.9 Å². The molecular formula is C16H30F3N5.